The smallest absolute Gasteiger partial charge is 0.224 e. The molecule has 6 heteroatoms. The number of rotatable bonds is 6. The van der Waals surface area contributed by atoms with Crippen LogP contribution in [0.3, 0.4) is 0 Å². The van der Waals surface area contributed by atoms with Crippen LogP contribution in [0.15, 0.2) is 30.6 Å². The molecule has 0 unspecified atom stereocenters. The fourth-order valence-corrected chi connectivity index (χ4v) is 2.13. The molecule has 0 saturated carbocycles. The topological polar surface area (TPSA) is 62.7 Å². The minimum absolute atomic E-state index is 0.0476. The SMILES string of the molecule is CCCCCC(=O)Nc1cccc(-n2cn[nH]c2=S)c1. The lowest BCUT2D eigenvalue weighted by molar-refractivity contribution is -0.116. The zero-order valence-corrected chi connectivity index (χ0v) is 12.2. The molecule has 20 heavy (non-hydrogen) atoms. The Morgan fingerprint density at radius 2 is 2.30 bits per heavy atom. The van der Waals surface area contributed by atoms with E-state index in [1.807, 2.05) is 24.3 Å². The Bertz CT molecular complexity index is 632. The Morgan fingerprint density at radius 3 is 3.00 bits per heavy atom. The lowest BCUT2D eigenvalue weighted by atomic mass is 10.2. The Hall–Kier alpha value is -1.95. The van der Waals surface area contributed by atoms with Gasteiger partial charge in [-0.1, -0.05) is 25.8 Å². The standard InChI is InChI=1S/C14H18N4OS/c1-2-3-4-8-13(19)16-11-6-5-7-12(9-11)18-10-15-17-14(18)20/h5-7,9-10H,2-4,8H2,1H3,(H,16,19)(H,17,20). The maximum absolute atomic E-state index is 11.8. The summed E-state index contributed by atoms with van der Waals surface area (Å²) in [7, 11) is 0. The van der Waals surface area contributed by atoms with E-state index in [-0.39, 0.29) is 5.91 Å². The molecule has 0 aliphatic rings. The van der Waals surface area contributed by atoms with Crippen molar-refractivity contribution in [2.24, 2.45) is 0 Å². The van der Waals surface area contributed by atoms with Gasteiger partial charge < -0.3 is 5.32 Å². The Labute approximate surface area is 123 Å². The molecule has 1 heterocycles. The summed E-state index contributed by atoms with van der Waals surface area (Å²) >= 11 is 5.13. The number of aromatic nitrogens is 3. The van der Waals surface area contributed by atoms with Gasteiger partial charge in [0, 0.05) is 12.1 Å². The molecule has 0 fully saturated rings. The molecule has 0 radical (unpaired) electrons. The Kier molecular flexibility index (Phi) is 5.06. The third kappa shape index (κ3) is 3.77. The van der Waals surface area contributed by atoms with Crippen LogP contribution in [0.4, 0.5) is 5.69 Å². The number of hydrogen-bond donors (Lipinski definition) is 2. The molecule has 106 valence electrons. The van der Waals surface area contributed by atoms with Gasteiger partial charge in [-0.05, 0) is 36.8 Å². The molecule has 0 aliphatic heterocycles. The predicted molar refractivity (Wildman–Crippen MR) is 81.5 cm³/mol. The summed E-state index contributed by atoms with van der Waals surface area (Å²) in [6.07, 6.45) is 5.29. The lowest BCUT2D eigenvalue weighted by Gasteiger charge is -2.07. The van der Waals surface area contributed by atoms with Crippen molar-refractivity contribution in [1.82, 2.24) is 14.8 Å². The molecule has 0 spiro atoms. The van der Waals surface area contributed by atoms with E-state index in [0.717, 1.165) is 30.6 Å². The average molecular weight is 290 g/mol. The lowest BCUT2D eigenvalue weighted by Crippen LogP contribution is -2.11. The van der Waals surface area contributed by atoms with Crippen LogP contribution in [0.25, 0.3) is 5.69 Å². The van der Waals surface area contributed by atoms with Crippen molar-refractivity contribution in [3.05, 3.63) is 35.4 Å². The third-order valence-corrected chi connectivity index (χ3v) is 3.26. The molecule has 0 aliphatic carbocycles. The van der Waals surface area contributed by atoms with E-state index in [1.165, 1.54) is 0 Å². The van der Waals surface area contributed by atoms with Gasteiger partial charge >= 0.3 is 0 Å². The minimum atomic E-state index is 0.0476. The first kappa shape index (κ1) is 14.5. The van der Waals surface area contributed by atoms with E-state index in [0.29, 0.717) is 11.2 Å². The second kappa shape index (κ2) is 7.00. The van der Waals surface area contributed by atoms with Gasteiger partial charge in [-0.3, -0.25) is 14.5 Å². The van der Waals surface area contributed by atoms with E-state index in [9.17, 15) is 4.79 Å². The van der Waals surface area contributed by atoms with Crippen LogP contribution < -0.4 is 5.32 Å². The molecule has 5 nitrogen and oxygen atoms in total. The predicted octanol–water partition coefficient (Wildman–Crippen LogP) is 3.45. The van der Waals surface area contributed by atoms with Crippen molar-refractivity contribution >= 4 is 23.8 Å². The molecule has 1 aromatic heterocycles. The van der Waals surface area contributed by atoms with Crippen LogP contribution in [-0.2, 0) is 4.79 Å². The van der Waals surface area contributed by atoms with Gasteiger partial charge in [-0.25, -0.2) is 0 Å². The van der Waals surface area contributed by atoms with Gasteiger partial charge in [0.1, 0.15) is 6.33 Å². The summed E-state index contributed by atoms with van der Waals surface area (Å²) in [6, 6.07) is 7.54. The van der Waals surface area contributed by atoms with Gasteiger partial charge in [0.05, 0.1) is 5.69 Å². The molecule has 1 aromatic carbocycles. The third-order valence-electron chi connectivity index (χ3n) is 2.97. The first-order valence-electron chi connectivity index (χ1n) is 6.73. The number of nitrogens with zero attached hydrogens (tertiary/aromatic N) is 2. The number of H-pyrrole nitrogens is 1. The van der Waals surface area contributed by atoms with Gasteiger partial charge in [0.2, 0.25) is 5.91 Å². The number of carbonyl (C=O) groups excluding carboxylic acids is 1. The van der Waals surface area contributed by atoms with Crippen LogP contribution in [0, 0.1) is 4.77 Å². The van der Waals surface area contributed by atoms with E-state index in [2.05, 4.69) is 22.4 Å². The second-order valence-corrected chi connectivity index (χ2v) is 4.97. The second-order valence-electron chi connectivity index (χ2n) is 4.59. The molecule has 2 aromatic rings. The minimum Gasteiger partial charge on any atom is -0.326 e. The summed E-state index contributed by atoms with van der Waals surface area (Å²) in [5.74, 6) is 0.0476. The molecular formula is C14H18N4OS. The number of benzene rings is 1. The molecule has 0 atom stereocenters. The van der Waals surface area contributed by atoms with Crippen LogP contribution in [0.1, 0.15) is 32.6 Å². The van der Waals surface area contributed by atoms with Gasteiger partial charge in [-0.2, -0.15) is 5.10 Å². The highest BCUT2D eigenvalue weighted by Gasteiger charge is 2.04. The van der Waals surface area contributed by atoms with Gasteiger partial charge in [-0.15, -0.1) is 0 Å². The number of aromatic amines is 1. The van der Waals surface area contributed by atoms with E-state index >= 15 is 0 Å². The maximum Gasteiger partial charge on any atom is 0.224 e. The summed E-state index contributed by atoms with van der Waals surface area (Å²) in [6.45, 7) is 2.12. The van der Waals surface area contributed by atoms with Crippen molar-refractivity contribution in [3.8, 4) is 5.69 Å². The first-order valence-corrected chi connectivity index (χ1v) is 7.14. The average Bonchev–Trinajstić information content (AvgIpc) is 2.85. The van der Waals surface area contributed by atoms with E-state index in [4.69, 9.17) is 12.2 Å². The number of carbonyl (C=O) groups is 1. The Morgan fingerprint density at radius 1 is 1.45 bits per heavy atom. The normalized spacial score (nSPS) is 10.4. The summed E-state index contributed by atoms with van der Waals surface area (Å²) in [5, 5.41) is 9.49. The van der Waals surface area contributed by atoms with E-state index < -0.39 is 0 Å². The molecule has 0 bridgehead atoms. The molecule has 0 saturated heterocycles. The quantitative estimate of drug-likeness (QED) is 0.632. The van der Waals surface area contributed by atoms with Crippen LogP contribution in [0.5, 0.6) is 0 Å². The highest BCUT2D eigenvalue weighted by molar-refractivity contribution is 7.71. The summed E-state index contributed by atoms with van der Waals surface area (Å²) in [5.41, 5.74) is 1.64. The fraction of sp³-hybridized carbons (Fsp3) is 0.357. The van der Waals surface area contributed by atoms with Crippen molar-refractivity contribution in [2.45, 2.75) is 32.6 Å². The molecule has 2 N–H and O–H groups in total. The Balaban J connectivity index is 2.05. The highest BCUT2D eigenvalue weighted by atomic mass is 32.1. The summed E-state index contributed by atoms with van der Waals surface area (Å²) in [4.78, 5) is 11.8. The molecular weight excluding hydrogens is 272 g/mol. The maximum atomic E-state index is 11.8. The number of anilines is 1. The number of amides is 1. The van der Waals surface area contributed by atoms with Gasteiger partial charge in [0.15, 0.2) is 4.77 Å². The zero-order chi connectivity index (χ0) is 14.4. The van der Waals surface area contributed by atoms with Crippen molar-refractivity contribution in [3.63, 3.8) is 0 Å². The zero-order valence-electron chi connectivity index (χ0n) is 11.4. The van der Waals surface area contributed by atoms with Crippen molar-refractivity contribution < 1.29 is 4.79 Å². The van der Waals surface area contributed by atoms with E-state index in [1.54, 1.807) is 10.9 Å². The number of nitrogens with one attached hydrogen (secondary N) is 2. The fourth-order valence-electron chi connectivity index (χ4n) is 1.92. The largest absolute Gasteiger partial charge is 0.326 e. The molecule has 1 amide bonds. The van der Waals surface area contributed by atoms with Crippen molar-refractivity contribution in [1.29, 1.82) is 0 Å². The van der Waals surface area contributed by atoms with Gasteiger partial charge in [0.25, 0.3) is 0 Å². The monoisotopic (exact) mass is 290 g/mol. The first-order chi connectivity index (χ1) is 9.70. The molecule has 2 rings (SSSR count). The summed E-state index contributed by atoms with van der Waals surface area (Å²) < 4.78 is 2.28. The van der Waals surface area contributed by atoms with Crippen LogP contribution in [0.2, 0.25) is 0 Å². The van der Waals surface area contributed by atoms with Crippen LogP contribution >= 0.6 is 12.2 Å². The number of hydrogen-bond acceptors (Lipinski definition) is 3. The highest BCUT2D eigenvalue weighted by Crippen LogP contribution is 2.15. The van der Waals surface area contributed by atoms with Crippen molar-refractivity contribution in [2.75, 3.05) is 5.32 Å². The number of unbranched alkanes of at least 4 members (excludes halogenated alkanes) is 2. The van der Waals surface area contributed by atoms with Crippen LogP contribution in [-0.4, -0.2) is 20.7 Å².